The molecule has 0 saturated heterocycles. The number of non-ortho nitro benzene ring substituents is 1. The molecule has 0 aromatic heterocycles. The molecule has 0 aliphatic rings. The van der Waals surface area contributed by atoms with Gasteiger partial charge in [-0.05, 0) is 23.3 Å². The maximum atomic E-state index is 12.1. The lowest BCUT2D eigenvalue weighted by atomic mass is 10.1. The minimum atomic E-state index is -1.16. The van der Waals surface area contributed by atoms with Crippen molar-refractivity contribution in [2.75, 3.05) is 0 Å². The Morgan fingerprint density at radius 1 is 1.16 bits per heavy atom. The number of nitrogens with one attached hydrogen (secondary N) is 1. The second-order valence-electron chi connectivity index (χ2n) is 5.39. The first kappa shape index (κ1) is 18.4. The summed E-state index contributed by atoms with van der Waals surface area (Å²) < 4.78 is 0. The zero-order chi connectivity index (χ0) is 18.4. The molecular weight excluding hydrogens is 348 g/mol. The van der Waals surface area contributed by atoms with Crippen LogP contribution in [0.15, 0.2) is 48.5 Å². The number of aliphatic carboxylic acids is 1. The fourth-order valence-electron chi connectivity index (χ4n) is 2.27. The zero-order valence-electron chi connectivity index (χ0n) is 13.0. The molecule has 0 bridgehead atoms. The van der Waals surface area contributed by atoms with E-state index >= 15 is 0 Å². The van der Waals surface area contributed by atoms with E-state index in [9.17, 15) is 24.8 Å². The van der Waals surface area contributed by atoms with E-state index in [1.807, 2.05) is 0 Å². The van der Waals surface area contributed by atoms with E-state index in [2.05, 4.69) is 5.32 Å². The number of hydrogen-bond acceptors (Lipinski definition) is 4. The van der Waals surface area contributed by atoms with E-state index in [4.69, 9.17) is 11.6 Å². The van der Waals surface area contributed by atoms with Crippen LogP contribution in [0.25, 0.3) is 0 Å². The maximum Gasteiger partial charge on any atom is 0.326 e. The van der Waals surface area contributed by atoms with Crippen LogP contribution in [0.3, 0.4) is 0 Å². The number of carbonyl (C=O) groups excluding carboxylic acids is 1. The van der Waals surface area contributed by atoms with Gasteiger partial charge in [-0.15, -0.1) is 0 Å². The molecule has 2 aromatic carbocycles. The molecule has 0 fully saturated rings. The van der Waals surface area contributed by atoms with E-state index < -0.39 is 22.8 Å². The average Bonchev–Trinajstić information content (AvgIpc) is 2.56. The number of nitro groups is 1. The third-order valence-corrected chi connectivity index (χ3v) is 3.72. The Bertz CT molecular complexity index is 792. The van der Waals surface area contributed by atoms with E-state index in [-0.39, 0.29) is 18.5 Å². The summed E-state index contributed by atoms with van der Waals surface area (Å²) in [5.74, 6) is -1.69. The summed E-state index contributed by atoms with van der Waals surface area (Å²) in [6, 6.07) is 11.2. The number of halogens is 1. The summed E-state index contributed by atoms with van der Waals surface area (Å²) in [6.45, 7) is 0. The van der Waals surface area contributed by atoms with Gasteiger partial charge >= 0.3 is 5.97 Å². The predicted octanol–water partition coefficient (Wildman–Crippen LogP) is 2.60. The van der Waals surface area contributed by atoms with Crippen molar-refractivity contribution in [2.45, 2.75) is 18.9 Å². The first-order chi connectivity index (χ1) is 11.8. The average molecular weight is 363 g/mol. The van der Waals surface area contributed by atoms with Gasteiger partial charge in [0.1, 0.15) is 6.04 Å². The van der Waals surface area contributed by atoms with Crippen LogP contribution in [-0.2, 0) is 22.4 Å². The van der Waals surface area contributed by atoms with Crippen molar-refractivity contribution in [1.82, 2.24) is 5.32 Å². The minimum absolute atomic E-state index is 0.104. The van der Waals surface area contributed by atoms with Crippen LogP contribution in [0.1, 0.15) is 11.1 Å². The molecule has 0 saturated carbocycles. The smallest absolute Gasteiger partial charge is 0.326 e. The van der Waals surface area contributed by atoms with E-state index in [1.54, 1.807) is 30.3 Å². The lowest BCUT2D eigenvalue weighted by Crippen LogP contribution is -2.43. The molecule has 8 heteroatoms. The highest BCUT2D eigenvalue weighted by molar-refractivity contribution is 6.30. The fourth-order valence-corrected chi connectivity index (χ4v) is 2.39. The van der Waals surface area contributed by atoms with Crippen molar-refractivity contribution in [3.05, 3.63) is 74.8 Å². The standard InChI is InChI=1S/C17H15ClN2O5/c18-13-6-4-11(5-7-13)9-15(17(22)23)19-16(21)10-12-2-1-3-14(8-12)20(24)25/h1-8,15H,9-10H2,(H,19,21)(H,22,23)/t15-/m1/s1. The number of carbonyl (C=O) groups is 2. The summed E-state index contributed by atoms with van der Waals surface area (Å²) >= 11 is 5.79. The quantitative estimate of drug-likeness (QED) is 0.581. The largest absolute Gasteiger partial charge is 0.480 e. The molecule has 0 aliphatic heterocycles. The number of carboxylic acids is 1. The summed E-state index contributed by atoms with van der Waals surface area (Å²) in [5, 5.41) is 23.0. The van der Waals surface area contributed by atoms with Crippen LogP contribution in [-0.4, -0.2) is 27.9 Å². The third kappa shape index (κ3) is 5.58. The number of hydrogen-bond donors (Lipinski definition) is 2. The van der Waals surface area contributed by atoms with E-state index in [0.717, 1.165) is 0 Å². The highest BCUT2D eigenvalue weighted by atomic mass is 35.5. The number of rotatable bonds is 7. The van der Waals surface area contributed by atoms with Gasteiger partial charge < -0.3 is 10.4 Å². The maximum absolute atomic E-state index is 12.1. The van der Waals surface area contributed by atoms with Gasteiger partial charge in [0.25, 0.3) is 5.69 Å². The van der Waals surface area contributed by atoms with Crippen molar-refractivity contribution in [3.63, 3.8) is 0 Å². The monoisotopic (exact) mass is 362 g/mol. The predicted molar refractivity (Wildman–Crippen MR) is 91.5 cm³/mol. The van der Waals surface area contributed by atoms with Crippen LogP contribution >= 0.6 is 11.6 Å². The number of amides is 1. The van der Waals surface area contributed by atoms with Gasteiger partial charge in [-0.1, -0.05) is 35.9 Å². The molecule has 7 nitrogen and oxygen atoms in total. The molecule has 0 spiro atoms. The van der Waals surface area contributed by atoms with Crippen LogP contribution in [0.5, 0.6) is 0 Å². The van der Waals surface area contributed by atoms with E-state index in [0.29, 0.717) is 16.1 Å². The lowest BCUT2D eigenvalue weighted by Gasteiger charge is -2.15. The van der Waals surface area contributed by atoms with Gasteiger partial charge in [0, 0.05) is 23.6 Å². The van der Waals surface area contributed by atoms with Crippen LogP contribution in [0.4, 0.5) is 5.69 Å². The Morgan fingerprint density at radius 3 is 2.44 bits per heavy atom. The summed E-state index contributed by atoms with van der Waals surface area (Å²) in [4.78, 5) is 33.7. The van der Waals surface area contributed by atoms with Gasteiger partial charge in [-0.25, -0.2) is 4.79 Å². The van der Waals surface area contributed by atoms with Gasteiger partial charge in [-0.2, -0.15) is 0 Å². The highest BCUT2D eigenvalue weighted by Gasteiger charge is 2.21. The SMILES string of the molecule is O=C(Cc1cccc([N+](=O)[O-])c1)N[C@H](Cc1ccc(Cl)cc1)C(=O)O. The molecule has 0 radical (unpaired) electrons. The van der Waals surface area contributed by atoms with Crippen molar-refractivity contribution >= 4 is 29.2 Å². The molecule has 25 heavy (non-hydrogen) atoms. The summed E-state index contributed by atoms with van der Waals surface area (Å²) in [6.07, 6.45) is -0.0424. The Labute approximate surface area is 148 Å². The Hall–Kier alpha value is -2.93. The third-order valence-electron chi connectivity index (χ3n) is 3.47. The molecule has 1 amide bonds. The molecule has 0 heterocycles. The van der Waals surface area contributed by atoms with Gasteiger partial charge in [0.2, 0.25) is 5.91 Å². The molecule has 0 aliphatic carbocycles. The molecule has 1 atom stereocenters. The highest BCUT2D eigenvalue weighted by Crippen LogP contribution is 2.14. The number of nitro benzene ring substituents is 1. The second-order valence-corrected chi connectivity index (χ2v) is 5.83. The zero-order valence-corrected chi connectivity index (χ0v) is 13.8. The minimum Gasteiger partial charge on any atom is -0.480 e. The Morgan fingerprint density at radius 2 is 1.84 bits per heavy atom. The summed E-state index contributed by atoms with van der Waals surface area (Å²) in [7, 11) is 0. The lowest BCUT2D eigenvalue weighted by molar-refractivity contribution is -0.384. The topological polar surface area (TPSA) is 110 Å². The Balaban J connectivity index is 2.02. The fraction of sp³-hybridized carbons (Fsp3) is 0.176. The second kappa shape index (κ2) is 8.25. The molecule has 2 aromatic rings. The first-order valence-corrected chi connectivity index (χ1v) is 7.73. The molecule has 2 rings (SSSR count). The normalized spacial score (nSPS) is 11.6. The van der Waals surface area contributed by atoms with Crippen molar-refractivity contribution in [2.24, 2.45) is 0 Å². The molecule has 2 N–H and O–H groups in total. The van der Waals surface area contributed by atoms with Crippen LogP contribution in [0.2, 0.25) is 5.02 Å². The number of nitrogens with zero attached hydrogens (tertiary/aromatic N) is 1. The molecule has 130 valence electrons. The molecular formula is C17H15ClN2O5. The van der Waals surface area contributed by atoms with Crippen molar-refractivity contribution in [3.8, 4) is 0 Å². The van der Waals surface area contributed by atoms with Gasteiger partial charge in [0.15, 0.2) is 0 Å². The van der Waals surface area contributed by atoms with Crippen LogP contribution in [0, 0.1) is 10.1 Å². The van der Waals surface area contributed by atoms with Gasteiger partial charge in [-0.3, -0.25) is 14.9 Å². The van der Waals surface area contributed by atoms with Crippen LogP contribution < -0.4 is 5.32 Å². The van der Waals surface area contributed by atoms with E-state index in [1.165, 1.54) is 18.2 Å². The number of benzene rings is 2. The molecule has 0 unspecified atom stereocenters. The van der Waals surface area contributed by atoms with Crippen molar-refractivity contribution < 1.29 is 19.6 Å². The van der Waals surface area contributed by atoms with Gasteiger partial charge in [0.05, 0.1) is 11.3 Å². The number of carboxylic acid groups (broad SMARTS) is 1. The Kier molecular flexibility index (Phi) is 6.08. The first-order valence-electron chi connectivity index (χ1n) is 7.35. The summed E-state index contributed by atoms with van der Waals surface area (Å²) in [5.41, 5.74) is 1.02. The van der Waals surface area contributed by atoms with Crippen molar-refractivity contribution in [1.29, 1.82) is 0 Å².